The molecule has 10 heteroatoms. The van der Waals surface area contributed by atoms with E-state index < -0.39 is 9.84 Å². The Morgan fingerprint density at radius 3 is 2.42 bits per heavy atom. The Bertz CT molecular complexity index is 1220. The first-order chi connectivity index (χ1) is 15.9. The van der Waals surface area contributed by atoms with Crippen LogP contribution in [0.25, 0.3) is 11.5 Å². The molecule has 0 bridgehead atoms. The van der Waals surface area contributed by atoms with Crippen molar-refractivity contribution in [2.45, 2.75) is 9.92 Å². The van der Waals surface area contributed by atoms with Gasteiger partial charge in [-0.2, -0.15) is 4.98 Å². The number of ether oxygens (including phenoxy) is 2. The number of carbonyl (C=O) groups is 1. The molecule has 0 N–H and O–H groups in total. The Kier molecular flexibility index (Phi) is 6.66. The lowest BCUT2D eigenvalue weighted by molar-refractivity contribution is -0.135. The van der Waals surface area contributed by atoms with Crippen molar-refractivity contribution in [1.82, 2.24) is 9.88 Å². The number of sulfone groups is 1. The third-order valence-corrected chi connectivity index (χ3v) is 7.06. The van der Waals surface area contributed by atoms with Crippen molar-refractivity contribution in [3.63, 3.8) is 0 Å². The van der Waals surface area contributed by atoms with Gasteiger partial charge in [-0.05, 0) is 30.3 Å². The van der Waals surface area contributed by atoms with Crippen LogP contribution in [0.5, 0.6) is 5.75 Å². The number of methoxy groups -OCH3 is 2. The molecule has 1 amide bonds. The van der Waals surface area contributed by atoms with Gasteiger partial charge in [0.15, 0.2) is 0 Å². The molecule has 2 aromatic carbocycles. The van der Waals surface area contributed by atoms with Crippen molar-refractivity contribution in [3.05, 3.63) is 54.6 Å². The molecule has 1 saturated heterocycles. The van der Waals surface area contributed by atoms with Gasteiger partial charge < -0.3 is 23.7 Å². The topological polar surface area (TPSA) is 102 Å². The van der Waals surface area contributed by atoms with Crippen LogP contribution in [0.4, 0.5) is 5.88 Å². The molecule has 0 unspecified atom stereocenters. The zero-order valence-electron chi connectivity index (χ0n) is 18.4. The third kappa shape index (κ3) is 4.71. The van der Waals surface area contributed by atoms with Crippen LogP contribution in [0.3, 0.4) is 0 Å². The number of piperazine rings is 1. The molecule has 0 saturated carbocycles. The van der Waals surface area contributed by atoms with Crippen molar-refractivity contribution < 1.29 is 27.1 Å². The Morgan fingerprint density at radius 1 is 1.03 bits per heavy atom. The van der Waals surface area contributed by atoms with Crippen molar-refractivity contribution in [3.8, 4) is 17.2 Å². The number of oxazole rings is 1. The minimum Gasteiger partial charge on any atom is -0.497 e. The summed E-state index contributed by atoms with van der Waals surface area (Å²) in [6.45, 7) is 1.65. The summed E-state index contributed by atoms with van der Waals surface area (Å²) < 4.78 is 43.2. The smallest absolute Gasteiger partial charge is 0.248 e. The maximum atomic E-state index is 13.5. The molecule has 1 aromatic heterocycles. The first-order valence-electron chi connectivity index (χ1n) is 10.4. The average Bonchev–Trinajstić information content (AvgIpc) is 3.31. The molecule has 3 aromatic rings. The van der Waals surface area contributed by atoms with E-state index in [4.69, 9.17) is 13.9 Å². The number of rotatable bonds is 7. The fourth-order valence-electron chi connectivity index (χ4n) is 3.64. The van der Waals surface area contributed by atoms with Crippen LogP contribution in [0, 0.1) is 0 Å². The van der Waals surface area contributed by atoms with Crippen LogP contribution in [-0.4, -0.2) is 71.2 Å². The van der Waals surface area contributed by atoms with E-state index in [0.717, 1.165) is 0 Å². The van der Waals surface area contributed by atoms with E-state index in [9.17, 15) is 13.2 Å². The zero-order chi connectivity index (χ0) is 23.4. The van der Waals surface area contributed by atoms with Gasteiger partial charge in [-0.3, -0.25) is 4.79 Å². The molecule has 0 radical (unpaired) electrons. The van der Waals surface area contributed by atoms with Gasteiger partial charge in [-0.1, -0.05) is 24.3 Å². The van der Waals surface area contributed by atoms with Gasteiger partial charge >= 0.3 is 0 Å². The van der Waals surface area contributed by atoms with Crippen LogP contribution in [0.1, 0.15) is 0 Å². The minimum absolute atomic E-state index is 0.00985. The molecule has 0 aliphatic carbocycles. The molecule has 0 atom stereocenters. The van der Waals surface area contributed by atoms with Gasteiger partial charge in [-0.25, -0.2) is 8.42 Å². The molecule has 33 heavy (non-hydrogen) atoms. The zero-order valence-corrected chi connectivity index (χ0v) is 19.2. The van der Waals surface area contributed by atoms with Crippen LogP contribution in [-0.2, 0) is 19.4 Å². The van der Waals surface area contributed by atoms with E-state index in [1.54, 1.807) is 54.5 Å². The average molecular weight is 472 g/mol. The molecular weight excluding hydrogens is 446 g/mol. The Hall–Kier alpha value is -3.37. The van der Waals surface area contributed by atoms with Crippen LogP contribution in [0.15, 0.2) is 68.9 Å². The Balaban J connectivity index is 1.72. The van der Waals surface area contributed by atoms with Crippen molar-refractivity contribution in [2.24, 2.45) is 0 Å². The number of anilines is 1. The molecule has 174 valence electrons. The highest BCUT2D eigenvalue weighted by Crippen LogP contribution is 2.35. The number of nitrogens with zero attached hydrogens (tertiary/aromatic N) is 3. The highest BCUT2D eigenvalue weighted by Gasteiger charge is 2.33. The van der Waals surface area contributed by atoms with E-state index in [2.05, 4.69) is 4.98 Å². The van der Waals surface area contributed by atoms with Gasteiger partial charge in [0, 0.05) is 38.9 Å². The predicted molar refractivity (Wildman–Crippen MR) is 121 cm³/mol. The standard InChI is InChI=1S/C23H25N3O6S/c1-30-16-20(27)25-11-13-26(14-12-25)23-22(33(28,29)19-9-4-3-5-10-19)24-21(32-23)17-7-6-8-18(15-17)31-2/h3-10,15H,11-14,16H2,1-2H3. The van der Waals surface area contributed by atoms with Crippen LogP contribution in [0.2, 0.25) is 0 Å². The molecular formula is C23H25N3O6S. The lowest BCUT2D eigenvalue weighted by Crippen LogP contribution is -2.49. The van der Waals surface area contributed by atoms with Crippen molar-refractivity contribution >= 4 is 21.6 Å². The van der Waals surface area contributed by atoms with Crippen LogP contribution < -0.4 is 9.64 Å². The second-order valence-electron chi connectivity index (χ2n) is 7.48. The van der Waals surface area contributed by atoms with Crippen molar-refractivity contribution in [1.29, 1.82) is 0 Å². The Morgan fingerprint density at radius 2 is 1.76 bits per heavy atom. The fraction of sp³-hybridized carbons (Fsp3) is 0.304. The third-order valence-electron chi connectivity index (χ3n) is 5.39. The molecule has 1 aliphatic heterocycles. The lowest BCUT2D eigenvalue weighted by atomic mass is 10.2. The monoisotopic (exact) mass is 471 g/mol. The summed E-state index contributed by atoms with van der Waals surface area (Å²) in [5.74, 6) is 0.834. The maximum Gasteiger partial charge on any atom is 0.248 e. The maximum absolute atomic E-state index is 13.5. The molecule has 2 heterocycles. The quantitative estimate of drug-likeness (QED) is 0.518. The van der Waals surface area contributed by atoms with E-state index in [1.807, 2.05) is 4.90 Å². The molecule has 4 rings (SSSR count). The molecule has 9 nitrogen and oxygen atoms in total. The highest BCUT2D eigenvalue weighted by atomic mass is 32.2. The number of benzene rings is 2. The number of carbonyl (C=O) groups excluding carboxylic acids is 1. The summed E-state index contributed by atoms with van der Waals surface area (Å²) in [7, 11) is -0.912. The van der Waals surface area contributed by atoms with E-state index in [-0.39, 0.29) is 34.2 Å². The van der Waals surface area contributed by atoms with E-state index in [1.165, 1.54) is 19.2 Å². The number of amides is 1. The normalized spacial score (nSPS) is 14.4. The lowest BCUT2D eigenvalue weighted by Gasteiger charge is -2.34. The van der Waals surface area contributed by atoms with Crippen LogP contribution >= 0.6 is 0 Å². The summed E-state index contributed by atoms with van der Waals surface area (Å²) in [4.78, 5) is 20.2. The number of hydrogen-bond acceptors (Lipinski definition) is 8. The second kappa shape index (κ2) is 9.63. The Labute approximate surface area is 192 Å². The molecule has 1 fully saturated rings. The first kappa shape index (κ1) is 22.8. The second-order valence-corrected chi connectivity index (χ2v) is 9.34. The number of aromatic nitrogens is 1. The van der Waals surface area contributed by atoms with Crippen molar-refractivity contribution in [2.75, 3.05) is 51.9 Å². The summed E-state index contributed by atoms with van der Waals surface area (Å²) in [6.07, 6.45) is 0. The fourth-order valence-corrected chi connectivity index (χ4v) is 4.98. The molecule has 0 spiro atoms. The first-order valence-corrected chi connectivity index (χ1v) is 11.9. The minimum atomic E-state index is -3.94. The van der Waals surface area contributed by atoms with Gasteiger partial charge in [0.25, 0.3) is 0 Å². The van der Waals surface area contributed by atoms with E-state index >= 15 is 0 Å². The van der Waals surface area contributed by atoms with Gasteiger partial charge in [0.05, 0.1) is 12.0 Å². The summed E-state index contributed by atoms with van der Waals surface area (Å²) in [6, 6.07) is 15.2. The van der Waals surface area contributed by atoms with Gasteiger partial charge in [0.2, 0.25) is 32.5 Å². The summed E-state index contributed by atoms with van der Waals surface area (Å²) >= 11 is 0. The summed E-state index contributed by atoms with van der Waals surface area (Å²) in [5.41, 5.74) is 0.596. The van der Waals surface area contributed by atoms with E-state index in [0.29, 0.717) is 37.5 Å². The highest BCUT2D eigenvalue weighted by molar-refractivity contribution is 7.91. The summed E-state index contributed by atoms with van der Waals surface area (Å²) in [5, 5.41) is -0.150. The SMILES string of the molecule is COCC(=O)N1CCN(c2oc(-c3cccc(OC)c3)nc2S(=O)(=O)c2ccccc2)CC1. The molecule has 1 aliphatic rings. The predicted octanol–water partition coefficient (Wildman–Crippen LogP) is 2.48. The van der Waals surface area contributed by atoms with Gasteiger partial charge in [-0.15, -0.1) is 0 Å². The largest absolute Gasteiger partial charge is 0.497 e. The number of hydrogen-bond donors (Lipinski definition) is 0. The van der Waals surface area contributed by atoms with Gasteiger partial charge in [0.1, 0.15) is 12.4 Å².